The Morgan fingerprint density at radius 1 is 1.08 bits per heavy atom. The maximum atomic E-state index is 12.7. The summed E-state index contributed by atoms with van der Waals surface area (Å²) in [7, 11) is 1.53. The van der Waals surface area contributed by atoms with Gasteiger partial charge in [0.1, 0.15) is 11.4 Å². The predicted octanol–water partition coefficient (Wildman–Crippen LogP) is 4.40. The van der Waals surface area contributed by atoms with Crippen LogP contribution in [-0.4, -0.2) is 59.0 Å². The summed E-state index contributed by atoms with van der Waals surface area (Å²) in [5.41, 5.74) is 1.55. The molecule has 0 aromatic heterocycles. The minimum Gasteiger partial charge on any atom is -0.484 e. The average Bonchev–Trinajstić information content (AvgIpc) is 3.19. The summed E-state index contributed by atoms with van der Waals surface area (Å²) in [6, 6.07) is 11.9. The Bertz CT molecular complexity index is 1260. The molecule has 4 amide bonds. The van der Waals surface area contributed by atoms with E-state index in [0.717, 1.165) is 29.1 Å². The van der Waals surface area contributed by atoms with Crippen molar-refractivity contribution in [2.45, 2.75) is 44.5 Å². The predicted molar refractivity (Wildman–Crippen MR) is 152 cm³/mol. The number of ether oxygens (including phenoxy) is 2. The van der Waals surface area contributed by atoms with Crippen molar-refractivity contribution in [3.63, 3.8) is 0 Å². The molecule has 0 radical (unpaired) electrons. The first kappa shape index (κ1) is 30.0. The van der Waals surface area contributed by atoms with Gasteiger partial charge >= 0.3 is 6.09 Å². The molecular weight excluding hydrogens is 542 g/mol. The number of carbonyl (C=O) groups excluding carboxylic acids is 5. The minimum atomic E-state index is -0.718. The molecule has 39 heavy (non-hydrogen) atoms. The summed E-state index contributed by atoms with van der Waals surface area (Å²) in [5.74, 6) is -0.309. The quantitative estimate of drug-likeness (QED) is 0.448. The second-order valence-corrected chi connectivity index (χ2v) is 11.8. The number of rotatable bonds is 9. The first-order chi connectivity index (χ1) is 18.3. The van der Waals surface area contributed by atoms with Crippen molar-refractivity contribution >= 4 is 63.2 Å². The number of imide groups is 1. The van der Waals surface area contributed by atoms with E-state index < -0.39 is 22.9 Å². The van der Waals surface area contributed by atoms with Crippen molar-refractivity contribution in [3.8, 4) is 5.75 Å². The molecule has 0 bridgehead atoms. The van der Waals surface area contributed by atoms with Crippen LogP contribution < -0.4 is 20.3 Å². The Balaban J connectivity index is 1.66. The van der Waals surface area contributed by atoms with Crippen LogP contribution in [0.15, 0.2) is 42.5 Å². The maximum Gasteiger partial charge on any atom is 0.414 e. The molecule has 10 nitrogen and oxygen atoms in total. The molecule has 1 heterocycles. The highest BCUT2D eigenvalue weighted by Gasteiger charge is 2.31. The Hall–Kier alpha value is -3.51. The van der Waals surface area contributed by atoms with Gasteiger partial charge in [0, 0.05) is 13.5 Å². The normalized spacial score (nSPS) is 14.9. The fourth-order valence-electron chi connectivity index (χ4n) is 3.54. The number of thioether (sulfide) groups is 2. The SMILES string of the molecule is CSC(=O)Cc1ccc(NC(=O)COc2ccc(CC3SC(=O)NC3=O)cc2)c(N(C)C(=O)OC(C)(C)C)c1. The van der Waals surface area contributed by atoms with Crippen LogP contribution in [0.3, 0.4) is 0 Å². The summed E-state index contributed by atoms with van der Waals surface area (Å²) >= 11 is 2.08. The van der Waals surface area contributed by atoms with Gasteiger partial charge in [-0.2, -0.15) is 0 Å². The highest BCUT2D eigenvalue weighted by Crippen LogP contribution is 2.29. The van der Waals surface area contributed by atoms with Crippen molar-refractivity contribution in [1.82, 2.24) is 5.32 Å². The molecule has 0 saturated carbocycles. The highest BCUT2D eigenvalue weighted by atomic mass is 32.2. The summed E-state index contributed by atoms with van der Waals surface area (Å²) in [4.78, 5) is 61.8. The van der Waals surface area contributed by atoms with Crippen LogP contribution in [0.2, 0.25) is 0 Å². The van der Waals surface area contributed by atoms with E-state index in [0.29, 0.717) is 29.1 Å². The third-order valence-electron chi connectivity index (χ3n) is 5.42. The maximum absolute atomic E-state index is 12.7. The second kappa shape index (κ2) is 13.0. The average molecular weight is 574 g/mol. The lowest BCUT2D eigenvalue weighted by molar-refractivity contribution is -0.119. The lowest BCUT2D eigenvalue weighted by Gasteiger charge is -2.26. The lowest BCUT2D eigenvalue weighted by Crippen LogP contribution is -2.35. The van der Waals surface area contributed by atoms with Crippen molar-refractivity contribution in [2.24, 2.45) is 0 Å². The Morgan fingerprint density at radius 2 is 1.74 bits per heavy atom. The van der Waals surface area contributed by atoms with Crippen molar-refractivity contribution in [3.05, 3.63) is 53.6 Å². The van der Waals surface area contributed by atoms with E-state index >= 15 is 0 Å². The van der Waals surface area contributed by atoms with Gasteiger partial charge in [0.2, 0.25) is 5.91 Å². The monoisotopic (exact) mass is 573 g/mol. The molecule has 3 rings (SSSR count). The van der Waals surface area contributed by atoms with Crippen LogP contribution in [0.25, 0.3) is 0 Å². The number of nitrogens with zero attached hydrogens (tertiary/aromatic N) is 1. The van der Waals surface area contributed by atoms with E-state index in [9.17, 15) is 24.0 Å². The summed E-state index contributed by atoms with van der Waals surface area (Å²) in [6.45, 7) is 4.97. The molecule has 0 aliphatic carbocycles. The summed E-state index contributed by atoms with van der Waals surface area (Å²) < 4.78 is 11.1. The molecule has 1 fully saturated rings. The number of amides is 4. The molecule has 2 N–H and O–H groups in total. The van der Waals surface area contributed by atoms with E-state index in [4.69, 9.17) is 9.47 Å². The van der Waals surface area contributed by atoms with Crippen molar-refractivity contribution in [2.75, 3.05) is 30.1 Å². The highest BCUT2D eigenvalue weighted by molar-refractivity contribution is 8.15. The number of benzene rings is 2. The lowest BCUT2D eigenvalue weighted by atomic mass is 10.1. The van der Waals surface area contributed by atoms with E-state index in [1.165, 1.54) is 11.9 Å². The molecule has 0 spiro atoms. The third kappa shape index (κ3) is 9.03. The molecule has 1 unspecified atom stereocenters. The molecule has 1 atom stereocenters. The summed E-state index contributed by atoms with van der Waals surface area (Å²) in [5, 5.41) is 4.18. The zero-order valence-corrected chi connectivity index (χ0v) is 24.0. The first-order valence-corrected chi connectivity index (χ1v) is 14.1. The largest absolute Gasteiger partial charge is 0.484 e. The number of nitrogens with one attached hydrogen (secondary N) is 2. The molecule has 1 aliphatic heterocycles. The molecule has 2 aromatic rings. The van der Waals surface area contributed by atoms with Crippen LogP contribution in [-0.2, 0) is 32.0 Å². The van der Waals surface area contributed by atoms with Gasteiger partial charge in [0.25, 0.3) is 11.1 Å². The smallest absolute Gasteiger partial charge is 0.414 e. The van der Waals surface area contributed by atoms with E-state index in [1.54, 1.807) is 69.5 Å². The Kier molecular flexibility index (Phi) is 10.0. The van der Waals surface area contributed by atoms with Crippen LogP contribution in [0.4, 0.5) is 21.0 Å². The van der Waals surface area contributed by atoms with Gasteiger partial charge in [-0.1, -0.05) is 41.7 Å². The minimum absolute atomic E-state index is 0.0316. The topological polar surface area (TPSA) is 131 Å². The van der Waals surface area contributed by atoms with Gasteiger partial charge in [0.15, 0.2) is 11.7 Å². The number of carbonyl (C=O) groups is 5. The van der Waals surface area contributed by atoms with E-state index in [2.05, 4.69) is 10.6 Å². The second-order valence-electron chi connectivity index (χ2n) is 9.71. The number of hydrogen-bond acceptors (Lipinski definition) is 9. The zero-order valence-electron chi connectivity index (χ0n) is 22.4. The fourth-order valence-corrected chi connectivity index (χ4v) is 4.71. The Morgan fingerprint density at radius 3 is 2.33 bits per heavy atom. The molecule has 2 aromatic carbocycles. The first-order valence-electron chi connectivity index (χ1n) is 12.0. The summed E-state index contributed by atoms with van der Waals surface area (Å²) in [6.07, 6.45) is 1.66. The molecular formula is C27H31N3O7S2. The van der Waals surface area contributed by atoms with Crippen LogP contribution in [0, 0.1) is 0 Å². The molecule has 208 valence electrons. The van der Waals surface area contributed by atoms with Crippen molar-refractivity contribution in [1.29, 1.82) is 0 Å². The number of hydrogen-bond donors (Lipinski definition) is 2. The van der Waals surface area contributed by atoms with Gasteiger partial charge in [-0.3, -0.25) is 29.4 Å². The van der Waals surface area contributed by atoms with Gasteiger partial charge in [-0.25, -0.2) is 4.79 Å². The van der Waals surface area contributed by atoms with Gasteiger partial charge < -0.3 is 14.8 Å². The fraction of sp³-hybridized carbons (Fsp3) is 0.370. The van der Waals surface area contributed by atoms with E-state index in [1.807, 2.05) is 0 Å². The van der Waals surface area contributed by atoms with Gasteiger partial charge in [0.05, 0.1) is 16.6 Å². The Labute approximate surface area is 235 Å². The van der Waals surface area contributed by atoms with Crippen LogP contribution in [0.5, 0.6) is 5.75 Å². The number of anilines is 2. The van der Waals surface area contributed by atoms with Crippen molar-refractivity contribution < 1.29 is 33.4 Å². The van der Waals surface area contributed by atoms with Crippen LogP contribution >= 0.6 is 23.5 Å². The van der Waals surface area contributed by atoms with Gasteiger partial charge in [-0.15, -0.1) is 0 Å². The molecule has 1 saturated heterocycles. The zero-order chi connectivity index (χ0) is 28.7. The molecule has 1 aliphatic rings. The standard InChI is InChI=1S/C27H31N3O7S2/c1-27(2,3)37-26(35)30(4)20-12-17(14-23(32)38-5)8-11-19(20)28-22(31)15-36-18-9-6-16(7-10-18)13-21-24(33)29-25(34)39-21/h6-12,21H,13-15H2,1-5H3,(H,28,31)(H,29,33,34). The van der Waals surface area contributed by atoms with Gasteiger partial charge in [-0.05, 0) is 68.8 Å². The van der Waals surface area contributed by atoms with E-state index in [-0.39, 0.29) is 29.3 Å². The third-order valence-corrected chi connectivity index (χ3v) is 7.00. The van der Waals surface area contributed by atoms with Crippen LogP contribution in [0.1, 0.15) is 31.9 Å². The molecule has 12 heteroatoms.